The van der Waals surface area contributed by atoms with Crippen molar-refractivity contribution in [1.29, 1.82) is 0 Å². The first-order valence-electron chi connectivity index (χ1n) is 9.20. The van der Waals surface area contributed by atoms with Crippen LogP contribution in [0.3, 0.4) is 0 Å². The van der Waals surface area contributed by atoms with Crippen molar-refractivity contribution in [1.82, 2.24) is 5.32 Å². The van der Waals surface area contributed by atoms with E-state index >= 15 is 0 Å². The van der Waals surface area contributed by atoms with Gasteiger partial charge in [0.05, 0.1) is 30.1 Å². The second kappa shape index (κ2) is 9.38. The second-order valence-corrected chi connectivity index (χ2v) is 6.57. The number of nitrogens with one attached hydrogen (secondary N) is 2. The van der Waals surface area contributed by atoms with Gasteiger partial charge in [-0.15, -0.1) is 0 Å². The quantitative estimate of drug-likeness (QED) is 0.552. The van der Waals surface area contributed by atoms with Crippen LogP contribution in [0.5, 0.6) is 0 Å². The van der Waals surface area contributed by atoms with Gasteiger partial charge in [0, 0.05) is 12.2 Å². The van der Waals surface area contributed by atoms with Crippen LogP contribution in [0, 0.1) is 0 Å². The molecule has 7 nitrogen and oxygen atoms in total. The van der Waals surface area contributed by atoms with Crippen LogP contribution < -0.4 is 10.6 Å². The number of halogens is 3. The highest BCUT2D eigenvalue weighted by molar-refractivity contribution is 6.03. The summed E-state index contributed by atoms with van der Waals surface area (Å²) in [7, 11) is 1.17. The molecule has 1 aromatic heterocycles. The molecule has 0 aliphatic rings. The minimum atomic E-state index is -4.69. The number of ether oxygens (including phenoxy) is 1. The number of rotatable bonds is 6. The van der Waals surface area contributed by atoms with Crippen LogP contribution in [0.25, 0.3) is 0 Å². The first-order valence-corrected chi connectivity index (χ1v) is 9.20. The Bertz CT molecular complexity index is 1140. The molecule has 2 N–H and O–H groups in total. The maximum atomic E-state index is 13.2. The standard InChI is InChI=1S/C22H17F3N2O5/c1-31-21(30)14-9-13(10-15(11-14)27-20(29)18-7-4-8-32-18)12-26-19(28)16-5-2-3-6-17(16)22(23,24)25/h2-11H,12H2,1H3,(H,26,28)(H,27,29). The van der Waals surface area contributed by atoms with Gasteiger partial charge in [-0.2, -0.15) is 13.2 Å². The molecule has 3 rings (SSSR count). The number of anilines is 1. The van der Waals surface area contributed by atoms with Gasteiger partial charge in [0.15, 0.2) is 5.76 Å². The van der Waals surface area contributed by atoms with Crippen molar-refractivity contribution < 1.29 is 36.7 Å². The Morgan fingerprint density at radius 3 is 2.41 bits per heavy atom. The van der Waals surface area contributed by atoms with Crippen LogP contribution in [0.2, 0.25) is 0 Å². The van der Waals surface area contributed by atoms with Crippen LogP contribution in [0.15, 0.2) is 65.3 Å². The number of carbonyl (C=O) groups is 3. The van der Waals surface area contributed by atoms with Crippen LogP contribution in [0.1, 0.15) is 42.4 Å². The summed E-state index contributed by atoms with van der Waals surface area (Å²) < 4.78 is 49.2. The molecule has 0 spiro atoms. The molecule has 0 atom stereocenters. The zero-order valence-electron chi connectivity index (χ0n) is 16.7. The zero-order valence-corrected chi connectivity index (χ0v) is 16.7. The van der Waals surface area contributed by atoms with Gasteiger partial charge in [-0.05, 0) is 48.0 Å². The van der Waals surface area contributed by atoms with E-state index in [2.05, 4.69) is 15.4 Å². The Morgan fingerprint density at radius 2 is 1.75 bits per heavy atom. The number of carbonyl (C=O) groups excluding carboxylic acids is 3. The Kier molecular flexibility index (Phi) is 6.62. The lowest BCUT2D eigenvalue weighted by molar-refractivity contribution is -0.137. The Labute approximate surface area is 180 Å². The monoisotopic (exact) mass is 446 g/mol. The van der Waals surface area contributed by atoms with Crippen molar-refractivity contribution in [3.8, 4) is 0 Å². The lowest BCUT2D eigenvalue weighted by Crippen LogP contribution is -2.26. The molecule has 0 saturated carbocycles. The fraction of sp³-hybridized carbons (Fsp3) is 0.136. The molecule has 32 heavy (non-hydrogen) atoms. The SMILES string of the molecule is COC(=O)c1cc(CNC(=O)c2ccccc2C(F)(F)F)cc(NC(=O)c2ccco2)c1. The summed E-state index contributed by atoms with van der Waals surface area (Å²) in [5.41, 5.74) is -0.970. The minimum Gasteiger partial charge on any atom is -0.465 e. The number of esters is 1. The maximum absolute atomic E-state index is 13.2. The van der Waals surface area contributed by atoms with E-state index in [0.29, 0.717) is 5.56 Å². The number of hydrogen-bond acceptors (Lipinski definition) is 5. The molecule has 0 saturated heterocycles. The molecule has 1 heterocycles. The zero-order chi connectivity index (χ0) is 23.3. The van der Waals surface area contributed by atoms with Gasteiger partial charge < -0.3 is 19.8 Å². The van der Waals surface area contributed by atoms with E-state index in [4.69, 9.17) is 4.42 Å². The van der Waals surface area contributed by atoms with Gasteiger partial charge in [0.2, 0.25) is 0 Å². The molecule has 0 aliphatic carbocycles. The third-order valence-corrected chi connectivity index (χ3v) is 4.35. The average molecular weight is 446 g/mol. The van der Waals surface area contributed by atoms with Crippen molar-refractivity contribution in [2.45, 2.75) is 12.7 Å². The lowest BCUT2D eigenvalue weighted by Gasteiger charge is -2.14. The second-order valence-electron chi connectivity index (χ2n) is 6.57. The van der Waals surface area contributed by atoms with Crippen molar-refractivity contribution in [2.75, 3.05) is 12.4 Å². The number of amides is 2. The first kappa shape index (κ1) is 22.6. The fourth-order valence-electron chi connectivity index (χ4n) is 2.91. The van der Waals surface area contributed by atoms with E-state index in [0.717, 1.165) is 12.1 Å². The number of furan rings is 1. The molecule has 0 fully saturated rings. The number of benzene rings is 2. The molecule has 0 bridgehead atoms. The van der Waals surface area contributed by atoms with Gasteiger partial charge in [-0.25, -0.2) is 4.79 Å². The highest BCUT2D eigenvalue weighted by Gasteiger charge is 2.34. The van der Waals surface area contributed by atoms with E-state index < -0.39 is 35.1 Å². The van der Waals surface area contributed by atoms with Crippen molar-refractivity contribution in [3.05, 3.63) is 88.9 Å². The molecule has 2 aromatic carbocycles. The molecule has 3 aromatic rings. The van der Waals surface area contributed by atoms with E-state index in [9.17, 15) is 27.6 Å². The molecule has 0 unspecified atom stereocenters. The van der Waals surface area contributed by atoms with Gasteiger partial charge >= 0.3 is 12.1 Å². The van der Waals surface area contributed by atoms with E-state index in [1.54, 1.807) is 0 Å². The molecule has 10 heteroatoms. The number of hydrogen-bond donors (Lipinski definition) is 2. The molecular formula is C22H17F3N2O5. The summed E-state index contributed by atoms with van der Waals surface area (Å²) in [4.78, 5) is 36.6. The van der Waals surface area contributed by atoms with E-state index in [-0.39, 0.29) is 23.6 Å². The summed E-state index contributed by atoms with van der Waals surface area (Å²) in [6, 6.07) is 11.6. The third kappa shape index (κ3) is 5.34. The van der Waals surface area contributed by atoms with Gasteiger partial charge in [0.1, 0.15) is 0 Å². The third-order valence-electron chi connectivity index (χ3n) is 4.35. The van der Waals surface area contributed by atoms with Crippen LogP contribution in [-0.4, -0.2) is 24.9 Å². The molecule has 166 valence electrons. The summed E-state index contributed by atoms with van der Waals surface area (Å²) in [6.45, 7) is -0.209. The predicted octanol–water partition coefficient (Wildman–Crippen LogP) is 4.27. The molecule has 2 amide bonds. The number of methoxy groups -OCH3 is 1. The smallest absolute Gasteiger partial charge is 0.417 e. The van der Waals surface area contributed by atoms with E-state index in [1.807, 2.05) is 0 Å². The van der Waals surface area contributed by atoms with Crippen molar-refractivity contribution >= 4 is 23.5 Å². The minimum absolute atomic E-state index is 0.0343. The first-order chi connectivity index (χ1) is 15.2. The highest BCUT2D eigenvalue weighted by Crippen LogP contribution is 2.31. The Morgan fingerprint density at radius 1 is 1.00 bits per heavy atom. The highest BCUT2D eigenvalue weighted by atomic mass is 19.4. The van der Waals surface area contributed by atoms with Crippen molar-refractivity contribution in [3.63, 3.8) is 0 Å². The van der Waals surface area contributed by atoms with Gasteiger partial charge in [-0.1, -0.05) is 12.1 Å². The molecular weight excluding hydrogens is 429 g/mol. The van der Waals surface area contributed by atoms with Crippen LogP contribution >= 0.6 is 0 Å². The van der Waals surface area contributed by atoms with E-state index in [1.165, 1.54) is 55.8 Å². The van der Waals surface area contributed by atoms with Gasteiger partial charge in [-0.3, -0.25) is 9.59 Å². The maximum Gasteiger partial charge on any atom is 0.417 e. The average Bonchev–Trinajstić information content (AvgIpc) is 3.31. The summed E-state index contributed by atoms with van der Waals surface area (Å²) in [6.07, 6.45) is -3.37. The summed E-state index contributed by atoms with van der Waals surface area (Å²) in [5, 5.41) is 4.95. The largest absolute Gasteiger partial charge is 0.465 e. The number of alkyl halides is 3. The van der Waals surface area contributed by atoms with Crippen LogP contribution in [0.4, 0.5) is 18.9 Å². The summed E-state index contributed by atoms with van der Waals surface area (Å²) >= 11 is 0. The lowest BCUT2D eigenvalue weighted by atomic mass is 10.1. The predicted molar refractivity (Wildman–Crippen MR) is 107 cm³/mol. The normalized spacial score (nSPS) is 11.0. The Hall–Kier alpha value is -4.08. The fourth-order valence-corrected chi connectivity index (χ4v) is 2.91. The van der Waals surface area contributed by atoms with Crippen molar-refractivity contribution in [2.24, 2.45) is 0 Å². The molecule has 0 radical (unpaired) electrons. The Balaban J connectivity index is 1.82. The van der Waals surface area contributed by atoms with Gasteiger partial charge in [0.25, 0.3) is 11.8 Å². The van der Waals surface area contributed by atoms with Crippen LogP contribution in [-0.2, 0) is 17.5 Å². The summed E-state index contributed by atoms with van der Waals surface area (Å²) in [5.74, 6) is -2.19. The topological polar surface area (TPSA) is 97.6 Å². The molecule has 0 aliphatic heterocycles.